The second kappa shape index (κ2) is 13.7. The van der Waals surface area contributed by atoms with E-state index in [0.29, 0.717) is 5.00 Å². The number of thiophene rings is 1. The van der Waals surface area contributed by atoms with Crippen molar-refractivity contribution in [3.63, 3.8) is 0 Å². The first-order valence-electron chi connectivity index (χ1n) is 15.0. The minimum atomic E-state index is -4.17. The molecule has 2 aliphatic rings. The predicted octanol–water partition coefficient (Wildman–Crippen LogP) is 6.90. The van der Waals surface area contributed by atoms with Gasteiger partial charge in [0.05, 0.1) is 0 Å². The van der Waals surface area contributed by atoms with Crippen molar-refractivity contribution in [2.75, 3.05) is 49.1 Å². The first-order valence-corrected chi connectivity index (χ1v) is 17.7. The Labute approximate surface area is 272 Å². The molecule has 1 aromatic heterocycles. The third-order valence-corrected chi connectivity index (χ3v) is 11.6. The second-order valence-electron chi connectivity index (χ2n) is 11.3. The van der Waals surface area contributed by atoms with Crippen molar-refractivity contribution < 1.29 is 13.2 Å². The number of piperazine rings is 1. The zero-order valence-electron chi connectivity index (χ0n) is 24.7. The Kier molecular flexibility index (Phi) is 9.50. The lowest BCUT2D eigenvalue weighted by Gasteiger charge is -2.36. The highest BCUT2D eigenvalue weighted by molar-refractivity contribution is 7.92. The summed E-state index contributed by atoms with van der Waals surface area (Å²) >= 11 is 7.07. The molecule has 45 heavy (non-hydrogen) atoms. The maximum Gasteiger partial charge on any atom is 0.273 e. The molecule has 234 valence electrons. The van der Waals surface area contributed by atoms with E-state index in [1.54, 1.807) is 12.1 Å². The molecule has 0 atom stereocenters. The number of halogens is 1. The monoisotopic (exact) mass is 663 g/mol. The van der Waals surface area contributed by atoms with Gasteiger partial charge < -0.3 is 9.80 Å². The highest BCUT2D eigenvalue weighted by atomic mass is 35.5. The zero-order chi connectivity index (χ0) is 31.4. The van der Waals surface area contributed by atoms with Gasteiger partial charge in [-0.2, -0.15) is 0 Å². The fraction of sp³-hybridized carbons (Fsp3) is 0.303. The summed E-state index contributed by atoms with van der Waals surface area (Å²) in [6.07, 6.45) is 3.05. The van der Waals surface area contributed by atoms with E-state index >= 15 is 0 Å². The molecule has 0 aliphatic carbocycles. The predicted molar refractivity (Wildman–Crippen MR) is 181 cm³/mol. The summed E-state index contributed by atoms with van der Waals surface area (Å²) in [5.41, 5.74) is 4.91. The van der Waals surface area contributed by atoms with Gasteiger partial charge in [0, 0.05) is 68.2 Å². The molecule has 4 aromatic rings. The Morgan fingerprint density at radius 2 is 1.53 bits per heavy atom. The Hall–Kier alpha value is -3.77. The topological polar surface area (TPSA) is 102 Å². The van der Waals surface area contributed by atoms with Crippen molar-refractivity contribution in [3.8, 4) is 11.1 Å². The number of piperidine rings is 1. The minimum Gasteiger partial charge on any atom is -0.369 e. The maximum absolute atomic E-state index is 13.1. The van der Waals surface area contributed by atoms with Gasteiger partial charge in [-0.25, -0.2) is 13.1 Å². The molecule has 0 spiro atoms. The van der Waals surface area contributed by atoms with Gasteiger partial charge in [-0.05, 0) is 77.5 Å². The van der Waals surface area contributed by atoms with E-state index < -0.39 is 15.9 Å². The molecule has 0 bridgehead atoms. The summed E-state index contributed by atoms with van der Waals surface area (Å²) in [6.45, 7) is 5.75. The average Bonchev–Trinajstić information content (AvgIpc) is 3.52. The first kappa shape index (κ1) is 31.2. The number of rotatable bonds is 9. The lowest BCUT2D eigenvalue weighted by molar-refractivity contribution is 0.0981. The fourth-order valence-electron chi connectivity index (χ4n) is 5.90. The minimum absolute atomic E-state index is 0.0879. The number of carbonyl (C=O) groups is 1. The van der Waals surface area contributed by atoms with Crippen LogP contribution < -0.4 is 14.5 Å². The molecule has 1 N–H and O–H groups in total. The van der Waals surface area contributed by atoms with Crippen LogP contribution in [-0.4, -0.2) is 58.5 Å². The van der Waals surface area contributed by atoms with Crippen molar-refractivity contribution in [3.05, 3.63) is 99.9 Å². The van der Waals surface area contributed by atoms with Gasteiger partial charge in [-0.3, -0.25) is 9.69 Å². The van der Waals surface area contributed by atoms with Gasteiger partial charge in [0.1, 0.15) is 14.9 Å². The Morgan fingerprint density at radius 1 is 0.844 bits per heavy atom. The molecule has 0 radical (unpaired) electrons. The SMILES string of the molecule is O=Nc1cc(S(=O)(=O)NC(=O)c2ccc(N3CCN(Cc4ccccc4-c4ccc(Cl)cc4)CC3)cc2)sc1N1CCCCC1. The number of sulfonamides is 1. The molecule has 1 amide bonds. The second-order valence-corrected chi connectivity index (χ2v) is 14.7. The van der Waals surface area contributed by atoms with Crippen molar-refractivity contribution in [2.24, 2.45) is 5.18 Å². The van der Waals surface area contributed by atoms with Crippen molar-refractivity contribution in [2.45, 2.75) is 30.0 Å². The number of benzene rings is 3. The van der Waals surface area contributed by atoms with Crippen LogP contribution in [0.1, 0.15) is 35.2 Å². The molecule has 12 heteroatoms. The molecular formula is C33H34ClN5O4S2. The van der Waals surface area contributed by atoms with E-state index in [9.17, 15) is 18.1 Å². The molecule has 2 fully saturated rings. The number of carbonyl (C=O) groups excluding carboxylic acids is 1. The fourth-order valence-corrected chi connectivity index (χ4v) is 8.43. The summed E-state index contributed by atoms with van der Waals surface area (Å²) in [4.78, 5) is 31.1. The Morgan fingerprint density at radius 3 is 2.22 bits per heavy atom. The standard InChI is InChI=1S/C33H34ClN5O4S2/c34-27-12-8-24(9-13-27)29-7-3-2-6-26(29)23-37-18-20-38(21-19-37)28-14-10-25(11-15-28)32(40)36-45(42,43)31-22-30(35-41)33(44-31)39-16-4-1-5-17-39/h2-3,6-15,22H,1,4-5,16-21,23H2,(H,36,40). The van der Waals surface area contributed by atoms with E-state index in [2.05, 4.69) is 44.0 Å². The zero-order valence-corrected chi connectivity index (χ0v) is 27.1. The first-order chi connectivity index (χ1) is 21.8. The quantitative estimate of drug-likeness (QED) is 0.194. The summed E-state index contributed by atoms with van der Waals surface area (Å²) in [5, 5.41) is 4.30. The van der Waals surface area contributed by atoms with Gasteiger partial charge in [-0.15, -0.1) is 16.2 Å². The summed E-state index contributed by atoms with van der Waals surface area (Å²) in [7, 11) is -4.17. The van der Waals surface area contributed by atoms with Crippen LogP contribution in [0.5, 0.6) is 0 Å². The van der Waals surface area contributed by atoms with Crippen LogP contribution in [0.3, 0.4) is 0 Å². The van der Waals surface area contributed by atoms with Crippen LogP contribution in [0.4, 0.5) is 16.4 Å². The molecule has 6 rings (SSSR count). The lowest BCUT2D eigenvalue weighted by Crippen LogP contribution is -2.46. The van der Waals surface area contributed by atoms with Gasteiger partial charge >= 0.3 is 0 Å². The van der Waals surface area contributed by atoms with E-state index in [-0.39, 0.29) is 15.5 Å². The van der Waals surface area contributed by atoms with Crippen LogP contribution in [0.15, 0.2) is 88.2 Å². The van der Waals surface area contributed by atoms with Gasteiger partial charge in [0.2, 0.25) is 0 Å². The van der Waals surface area contributed by atoms with Gasteiger partial charge in [0.25, 0.3) is 15.9 Å². The number of nitroso groups, excluding NO2 is 1. The lowest BCUT2D eigenvalue weighted by atomic mass is 9.99. The molecule has 3 aromatic carbocycles. The number of anilines is 2. The number of amides is 1. The maximum atomic E-state index is 13.1. The van der Waals surface area contributed by atoms with Crippen molar-refractivity contribution in [1.82, 2.24) is 9.62 Å². The van der Waals surface area contributed by atoms with Crippen LogP contribution in [0, 0.1) is 4.91 Å². The molecule has 0 saturated carbocycles. The molecule has 2 aliphatic heterocycles. The smallest absolute Gasteiger partial charge is 0.273 e. The number of hydrogen-bond acceptors (Lipinski definition) is 9. The van der Waals surface area contributed by atoms with Crippen LogP contribution in [0.2, 0.25) is 5.02 Å². The van der Waals surface area contributed by atoms with E-state index in [1.807, 2.05) is 41.3 Å². The highest BCUT2D eigenvalue weighted by Crippen LogP contribution is 2.41. The van der Waals surface area contributed by atoms with E-state index in [1.165, 1.54) is 17.2 Å². The normalized spacial score (nSPS) is 16.0. The molecular weight excluding hydrogens is 630 g/mol. The Balaban J connectivity index is 1.06. The molecule has 2 saturated heterocycles. The summed E-state index contributed by atoms with van der Waals surface area (Å²) in [5.74, 6) is -0.723. The summed E-state index contributed by atoms with van der Waals surface area (Å²) < 4.78 is 28.2. The number of nitrogens with zero attached hydrogens (tertiary/aromatic N) is 4. The average molecular weight is 664 g/mol. The molecule has 3 heterocycles. The number of hydrogen-bond donors (Lipinski definition) is 1. The molecule has 0 unspecified atom stereocenters. The van der Waals surface area contributed by atoms with E-state index in [0.717, 1.165) is 92.7 Å². The van der Waals surface area contributed by atoms with Crippen LogP contribution in [0.25, 0.3) is 11.1 Å². The van der Waals surface area contributed by atoms with Crippen molar-refractivity contribution in [1.29, 1.82) is 0 Å². The van der Waals surface area contributed by atoms with Crippen molar-refractivity contribution >= 4 is 55.2 Å². The van der Waals surface area contributed by atoms with Gasteiger partial charge in [-0.1, -0.05) is 48.0 Å². The number of nitrogens with one attached hydrogen (secondary N) is 1. The summed E-state index contributed by atoms with van der Waals surface area (Å²) in [6, 6.07) is 24.6. The largest absolute Gasteiger partial charge is 0.369 e. The third-order valence-electron chi connectivity index (χ3n) is 8.34. The molecule has 9 nitrogen and oxygen atoms in total. The van der Waals surface area contributed by atoms with Gasteiger partial charge in [0.15, 0.2) is 0 Å². The highest BCUT2D eigenvalue weighted by Gasteiger charge is 2.27. The third kappa shape index (κ3) is 7.22. The van der Waals surface area contributed by atoms with Crippen LogP contribution >= 0.6 is 22.9 Å². The van der Waals surface area contributed by atoms with E-state index in [4.69, 9.17) is 11.6 Å². The Bertz CT molecular complexity index is 1760. The van der Waals surface area contributed by atoms with Crippen LogP contribution in [-0.2, 0) is 16.6 Å².